The molecule has 0 spiro atoms. The van der Waals surface area contributed by atoms with Crippen LogP contribution in [0.25, 0.3) is 0 Å². The third kappa shape index (κ3) is 4.32. The lowest BCUT2D eigenvalue weighted by Gasteiger charge is -2.27. The highest BCUT2D eigenvalue weighted by molar-refractivity contribution is 7.12. The van der Waals surface area contributed by atoms with Crippen molar-refractivity contribution in [2.75, 3.05) is 19.7 Å². The zero-order valence-corrected chi connectivity index (χ0v) is 12.1. The Morgan fingerprint density at radius 3 is 3.05 bits per heavy atom. The van der Waals surface area contributed by atoms with Crippen molar-refractivity contribution in [3.8, 4) is 11.8 Å². The minimum absolute atomic E-state index is 0.269. The van der Waals surface area contributed by atoms with Gasteiger partial charge in [-0.25, -0.2) is 0 Å². The average molecular weight is 278 g/mol. The van der Waals surface area contributed by atoms with E-state index in [0.29, 0.717) is 12.6 Å². The molecule has 1 aliphatic rings. The number of nitrogens with zero attached hydrogens (tertiary/aromatic N) is 1. The SMILES string of the molecule is NCC#Cc1ccc(CN2CCCCCC2CO)s1. The van der Waals surface area contributed by atoms with Crippen LogP contribution in [-0.2, 0) is 6.54 Å². The first kappa shape index (κ1) is 14.5. The maximum Gasteiger partial charge on any atom is 0.0772 e. The van der Waals surface area contributed by atoms with Gasteiger partial charge < -0.3 is 10.8 Å². The Morgan fingerprint density at radius 1 is 1.37 bits per heavy atom. The molecule has 4 heteroatoms. The molecule has 0 amide bonds. The molecule has 1 aliphatic heterocycles. The predicted octanol–water partition coefficient (Wildman–Crippen LogP) is 1.80. The van der Waals surface area contributed by atoms with E-state index in [-0.39, 0.29) is 6.61 Å². The molecule has 0 radical (unpaired) electrons. The number of hydrogen-bond donors (Lipinski definition) is 2. The topological polar surface area (TPSA) is 49.5 Å². The predicted molar refractivity (Wildman–Crippen MR) is 80.0 cm³/mol. The molecule has 0 aliphatic carbocycles. The Balaban J connectivity index is 1.99. The Hall–Kier alpha value is -0.860. The normalized spacial score (nSPS) is 20.6. The Kier molecular flexibility index (Phi) is 5.87. The van der Waals surface area contributed by atoms with Crippen LogP contribution in [0, 0.1) is 11.8 Å². The van der Waals surface area contributed by atoms with Crippen LogP contribution < -0.4 is 5.73 Å². The summed E-state index contributed by atoms with van der Waals surface area (Å²) in [6.45, 7) is 2.70. The molecule has 104 valence electrons. The van der Waals surface area contributed by atoms with Crippen LogP contribution in [0.4, 0.5) is 0 Å². The van der Waals surface area contributed by atoms with Crippen LogP contribution in [-0.4, -0.2) is 35.7 Å². The highest BCUT2D eigenvalue weighted by Crippen LogP contribution is 2.22. The molecule has 0 bridgehead atoms. The number of aliphatic hydroxyl groups is 1. The summed E-state index contributed by atoms with van der Waals surface area (Å²) in [5.41, 5.74) is 5.38. The van der Waals surface area contributed by atoms with Gasteiger partial charge in [0.25, 0.3) is 0 Å². The molecule has 3 nitrogen and oxygen atoms in total. The van der Waals surface area contributed by atoms with Gasteiger partial charge in [-0.3, -0.25) is 4.90 Å². The van der Waals surface area contributed by atoms with E-state index < -0.39 is 0 Å². The maximum absolute atomic E-state index is 9.51. The number of thiophene rings is 1. The van der Waals surface area contributed by atoms with Gasteiger partial charge in [0.2, 0.25) is 0 Å². The Labute approximate surface area is 119 Å². The van der Waals surface area contributed by atoms with Crippen LogP contribution in [0.1, 0.15) is 35.4 Å². The van der Waals surface area contributed by atoms with Gasteiger partial charge in [0.1, 0.15) is 0 Å². The summed E-state index contributed by atoms with van der Waals surface area (Å²) < 4.78 is 0. The van der Waals surface area contributed by atoms with Crippen LogP contribution in [0.15, 0.2) is 12.1 Å². The van der Waals surface area contributed by atoms with E-state index in [2.05, 4.69) is 28.9 Å². The summed E-state index contributed by atoms with van der Waals surface area (Å²) in [6.07, 6.45) is 4.87. The number of aliphatic hydroxyl groups excluding tert-OH is 1. The number of likely N-dealkylation sites (tertiary alicyclic amines) is 1. The summed E-state index contributed by atoms with van der Waals surface area (Å²) in [5.74, 6) is 5.96. The van der Waals surface area contributed by atoms with Crippen molar-refractivity contribution in [3.05, 3.63) is 21.9 Å². The fourth-order valence-corrected chi connectivity index (χ4v) is 3.43. The average Bonchev–Trinajstić information content (AvgIpc) is 2.74. The third-order valence-corrected chi connectivity index (χ3v) is 4.53. The molecule has 2 heterocycles. The van der Waals surface area contributed by atoms with Crippen molar-refractivity contribution >= 4 is 11.3 Å². The first-order valence-corrected chi connectivity index (χ1v) is 7.77. The lowest BCUT2D eigenvalue weighted by molar-refractivity contribution is 0.119. The zero-order valence-electron chi connectivity index (χ0n) is 11.3. The summed E-state index contributed by atoms with van der Waals surface area (Å²) in [4.78, 5) is 4.82. The smallest absolute Gasteiger partial charge is 0.0772 e. The molecular weight excluding hydrogens is 256 g/mol. The first-order valence-electron chi connectivity index (χ1n) is 6.96. The number of nitrogens with two attached hydrogens (primary N) is 1. The Bertz CT molecular complexity index is 446. The molecule has 2 rings (SSSR count). The first-order chi connectivity index (χ1) is 9.33. The molecule has 0 saturated carbocycles. The monoisotopic (exact) mass is 278 g/mol. The quantitative estimate of drug-likeness (QED) is 0.829. The fraction of sp³-hybridized carbons (Fsp3) is 0.600. The highest BCUT2D eigenvalue weighted by atomic mass is 32.1. The molecule has 1 fully saturated rings. The third-order valence-electron chi connectivity index (χ3n) is 3.54. The van der Waals surface area contributed by atoms with Gasteiger partial charge in [-0.05, 0) is 31.5 Å². The van der Waals surface area contributed by atoms with Crippen molar-refractivity contribution in [1.29, 1.82) is 0 Å². The summed E-state index contributed by atoms with van der Waals surface area (Å²) >= 11 is 1.73. The molecule has 1 atom stereocenters. The van der Waals surface area contributed by atoms with Gasteiger partial charge in [0.05, 0.1) is 18.0 Å². The summed E-state index contributed by atoms with van der Waals surface area (Å²) in [5, 5.41) is 9.51. The molecule has 1 aromatic rings. The van der Waals surface area contributed by atoms with Gasteiger partial charge in [0, 0.05) is 17.5 Å². The molecule has 0 aromatic carbocycles. The lowest BCUT2D eigenvalue weighted by Crippen LogP contribution is -2.36. The van der Waals surface area contributed by atoms with Crippen molar-refractivity contribution in [3.63, 3.8) is 0 Å². The van der Waals surface area contributed by atoms with E-state index in [1.165, 1.54) is 24.1 Å². The van der Waals surface area contributed by atoms with Crippen molar-refractivity contribution < 1.29 is 5.11 Å². The van der Waals surface area contributed by atoms with Gasteiger partial charge in [-0.15, -0.1) is 11.3 Å². The second-order valence-electron chi connectivity index (χ2n) is 4.93. The van der Waals surface area contributed by atoms with Gasteiger partial charge >= 0.3 is 0 Å². The van der Waals surface area contributed by atoms with E-state index in [1.807, 2.05) is 0 Å². The molecular formula is C15H22N2OS. The Morgan fingerprint density at radius 2 is 2.26 bits per heavy atom. The number of rotatable bonds is 3. The van der Waals surface area contributed by atoms with E-state index >= 15 is 0 Å². The van der Waals surface area contributed by atoms with Crippen molar-refractivity contribution in [2.24, 2.45) is 5.73 Å². The van der Waals surface area contributed by atoms with E-state index in [9.17, 15) is 5.11 Å². The van der Waals surface area contributed by atoms with Gasteiger partial charge in [-0.2, -0.15) is 0 Å². The van der Waals surface area contributed by atoms with Crippen molar-refractivity contribution in [2.45, 2.75) is 38.3 Å². The van der Waals surface area contributed by atoms with E-state index in [4.69, 9.17) is 5.73 Å². The molecule has 1 unspecified atom stereocenters. The van der Waals surface area contributed by atoms with Gasteiger partial charge in [-0.1, -0.05) is 24.7 Å². The van der Waals surface area contributed by atoms with E-state index in [1.54, 1.807) is 11.3 Å². The lowest BCUT2D eigenvalue weighted by atomic mass is 10.1. The second-order valence-corrected chi connectivity index (χ2v) is 6.10. The minimum atomic E-state index is 0.269. The standard InChI is InChI=1S/C15H22N2OS/c16-9-4-6-14-7-8-15(19-14)11-17-10-3-1-2-5-13(17)12-18/h7-8,13,18H,1-3,5,9-12,16H2. The maximum atomic E-state index is 9.51. The van der Waals surface area contributed by atoms with Crippen LogP contribution in [0.5, 0.6) is 0 Å². The largest absolute Gasteiger partial charge is 0.395 e. The second kappa shape index (κ2) is 7.66. The molecule has 1 aromatic heterocycles. The zero-order chi connectivity index (χ0) is 13.5. The van der Waals surface area contributed by atoms with Crippen molar-refractivity contribution in [1.82, 2.24) is 4.90 Å². The van der Waals surface area contributed by atoms with Crippen LogP contribution in [0.2, 0.25) is 0 Å². The minimum Gasteiger partial charge on any atom is -0.395 e. The van der Waals surface area contributed by atoms with Crippen LogP contribution in [0.3, 0.4) is 0 Å². The van der Waals surface area contributed by atoms with E-state index in [0.717, 1.165) is 24.4 Å². The summed E-state index contributed by atoms with van der Waals surface area (Å²) in [7, 11) is 0. The molecule has 19 heavy (non-hydrogen) atoms. The molecule has 3 N–H and O–H groups in total. The van der Waals surface area contributed by atoms with Gasteiger partial charge in [0.15, 0.2) is 0 Å². The fourth-order valence-electron chi connectivity index (χ4n) is 2.52. The number of hydrogen-bond acceptors (Lipinski definition) is 4. The summed E-state index contributed by atoms with van der Waals surface area (Å²) in [6, 6.07) is 4.53. The van der Waals surface area contributed by atoms with Crippen LogP contribution >= 0.6 is 11.3 Å². The molecule has 1 saturated heterocycles. The highest BCUT2D eigenvalue weighted by Gasteiger charge is 2.20.